The van der Waals surface area contributed by atoms with Crippen LogP contribution in [0.3, 0.4) is 0 Å². The minimum absolute atomic E-state index is 0.00919. The van der Waals surface area contributed by atoms with E-state index in [1.807, 2.05) is 13.8 Å². The van der Waals surface area contributed by atoms with Crippen LogP contribution >= 0.6 is 15.9 Å². The Labute approximate surface area is 155 Å². The lowest BCUT2D eigenvalue weighted by atomic mass is 10.1. The van der Waals surface area contributed by atoms with Gasteiger partial charge in [-0.15, -0.1) is 0 Å². The maximum Gasteiger partial charge on any atom is 0.250 e. The van der Waals surface area contributed by atoms with Crippen molar-refractivity contribution in [2.24, 2.45) is 5.73 Å². The number of carbonyl (C=O) groups excluding carboxylic acids is 1. The van der Waals surface area contributed by atoms with Crippen LogP contribution in [0.15, 0.2) is 16.9 Å². The van der Waals surface area contributed by atoms with E-state index in [1.54, 1.807) is 12.4 Å². The fourth-order valence-electron chi connectivity index (χ4n) is 3.11. The number of aromatic amines is 1. The van der Waals surface area contributed by atoms with Crippen LogP contribution < -0.4 is 16.0 Å². The Morgan fingerprint density at radius 2 is 2.40 bits per heavy atom. The zero-order valence-electron chi connectivity index (χ0n) is 14.5. The lowest BCUT2D eigenvalue weighted by Gasteiger charge is -2.33. The first-order chi connectivity index (χ1) is 12.0. The van der Waals surface area contributed by atoms with Gasteiger partial charge in [-0.05, 0) is 42.6 Å². The Kier molecular flexibility index (Phi) is 5.61. The topological polar surface area (TPSA) is 96.3 Å². The van der Waals surface area contributed by atoms with Crippen molar-refractivity contribution < 1.29 is 9.53 Å². The summed E-state index contributed by atoms with van der Waals surface area (Å²) in [6, 6.07) is 0.153. The Morgan fingerprint density at radius 3 is 3.12 bits per heavy atom. The third-order valence-electron chi connectivity index (χ3n) is 4.23. The molecule has 1 fully saturated rings. The van der Waals surface area contributed by atoms with Crippen molar-refractivity contribution in [2.45, 2.75) is 38.8 Å². The Morgan fingerprint density at radius 1 is 1.60 bits per heavy atom. The van der Waals surface area contributed by atoms with Gasteiger partial charge >= 0.3 is 0 Å². The first kappa shape index (κ1) is 18.2. The molecule has 4 N–H and O–H groups in total. The third-order valence-corrected chi connectivity index (χ3v) is 4.81. The Balaban J connectivity index is 1.92. The molecule has 136 valence electrons. The molecule has 0 saturated carbocycles. The van der Waals surface area contributed by atoms with Crippen LogP contribution in [0.25, 0.3) is 11.0 Å². The van der Waals surface area contributed by atoms with E-state index in [1.165, 1.54) is 0 Å². The summed E-state index contributed by atoms with van der Waals surface area (Å²) < 4.78 is 6.27. The molecule has 25 heavy (non-hydrogen) atoms. The van der Waals surface area contributed by atoms with E-state index in [0.717, 1.165) is 47.1 Å². The van der Waals surface area contributed by atoms with Crippen LogP contribution in [0.4, 0.5) is 11.4 Å². The number of ether oxygens (including phenoxy) is 1. The summed E-state index contributed by atoms with van der Waals surface area (Å²) in [4.78, 5) is 22.0. The third kappa shape index (κ3) is 4.13. The molecule has 7 nitrogen and oxygen atoms in total. The SMILES string of the molecule is CC(C)OCC(=O)Nc1c[nH]c2ncc(Br)c(N3CCCC(N)C3)c12. The normalized spacial score (nSPS) is 18.1. The predicted octanol–water partition coefficient (Wildman–Crippen LogP) is 2.62. The predicted molar refractivity (Wildman–Crippen MR) is 103 cm³/mol. The summed E-state index contributed by atoms with van der Waals surface area (Å²) in [5.41, 5.74) is 8.60. The number of halogens is 1. The number of nitrogens with two attached hydrogens (primary N) is 1. The van der Waals surface area contributed by atoms with Crippen molar-refractivity contribution in [3.05, 3.63) is 16.9 Å². The summed E-state index contributed by atoms with van der Waals surface area (Å²) in [5, 5.41) is 3.81. The molecule has 0 spiro atoms. The standard InChI is InChI=1S/C17H24BrN5O2/c1-10(2)25-9-14(24)22-13-7-21-17-15(13)16(12(18)6-20-17)23-5-3-4-11(19)8-23/h6-7,10-11H,3-5,8-9,19H2,1-2H3,(H,20,21)(H,22,24). The highest BCUT2D eigenvalue weighted by Crippen LogP contribution is 2.38. The highest BCUT2D eigenvalue weighted by atomic mass is 79.9. The zero-order chi connectivity index (χ0) is 18.0. The van der Waals surface area contributed by atoms with Crippen LogP contribution in [-0.2, 0) is 9.53 Å². The molecule has 1 aliphatic heterocycles. The van der Waals surface area contributed by atoms with Gasteiger partial charge in [-0.2, -0.15) is 0 Å². The largest absolute Gasteiger partial charge is 0.369 e. The molecule has 0 bridgehead atoms. The summed E-state index contributed by atoms with van der Waals surface area (Å²) in [6.45, 7) is 5.54. The number of H-pyrrole nitrogens is 1. The molecule has 1 saturated heterocycles. The Bertz CT molecular complexity index is 761. The van der Waals surface area contributed by atoms with Crippen molar-refractivity contribution in [1.29, 1.82) is 0 Å². The molecule has 0 aromatic carbocycles. The van der Waals surface area contributed by atoms with Gasteiger partial charge in [-0.25, -0.2) is 4.98 Å². The number of pyridine rings is 1. The van der Waals surface area contributed by atoms with E-state index in [4.69, 9.17) is 10.5 Å². The highest BCUT2D eigenvalue weighted by Gasteiger charge is 2.23. The molecule has 0 aliphatic carbocycles. The van der Waals surface area contributed by atoms with Crippen molar-refractivity contribution in [2.75, 3.05) is 29.9 Å². The first-order valence-corrected chi connectivity index (χ1v) is 9.32. The van der Waals surface area contributed by atoms with Gasteiger partial charge in [-0.3, -0.25) is 4.79 Å². The van der Waals surface area contributed by atoms with E-state index >= 15 is 0 Å². The molecule has 1 atom stereocenters. The number of aromatic nitrogens is 2. The molecule has 3 rings (SSSR count). The first-order valence-electron chi connectivity index (χ1n) is 8.53. The zero-order valence-corrected chi connectivity index (χ0v) is 16.1. The maximum atomic E-state index is 12.2. The fraction of sp³-hybridized carbons (Fsp3) is 0.529. The van der Waals surface area contributed by atoms with E-state index in [-0.39, 0.29) is 24.7 Å². The van der Waals surface area contributed by atoms with Gasteiger partial charge in [0, 0.05) is 31.5 Å². The van der Waals surface area contributed by atoms with Crippen molar-refractivity contribution in [3.63, 3.8) is 0 Å². The van der Waals surface area contributed by atoms with Gasteiger partial charge in [0.1, 0.15) is 12.3 Å². The lowest BCUT2D eigenvalue weighted by molar-refractivity contribution is -0.121. The Hall–Kier alpha value is -1.64. The molecule has 8 heteroatoms. The number of hydrogen-bond donors (Lipinski definition) is 3. The maximum absolute atomic E-state index is 12.2. The molecule has 2 aromatic rings. The average molecular weight is 410 g/mol. The smallest absolute Gasteiger partial charge is 0.250 e. The van der Waals surface area contributed by atoms with Crippen LogP contribution in [0.1, 0.15) is 26.7 Å². The van der Waals surface area contributed by atoms with Crippen molar-refractivity contribution >= 4 is 44.2 Å². The average Bonchev–Trinajstić information content (AvgIpc) is 2.96. The molecule has 3 heterocycles. The highest BCUT2D eigenvalue weighted by molar-refractivity contribution is 9.10. The van der Waals surface area contributed by atoms with Gasteiger partial charge in [0.15, 0.2) is 0 Å². The molecule has 1 aliphatic rings. The van der Waals surface area contributed by atoms with E-state index in [0.29, 0.717) is 5.69 Å². The number of nitrogens with one attached hydrogen (secondary N) is 2. The molecule has 1 unspecified atom stereocenters. The second-order valence-corrected chi connectivity index (χ2v) is 7.49. The van der Waals surface area contributed by atoms with Crippen LogP contribution in [0.5, 0.6) is 0 Å². The number of amides is 1. The number of piperidine rings is 1. The summed E-state index contributed by atoms with van der Waals surface area (Å²) in [7, 11) is 0. The van der Waals surface area contributed by atoms with Crippen LogP contribution in [-0.4, -0.2) is 47.7 Å². The number of carbonyl (C=O) groups is 1. The number of anilines is 2. The summed E-state index contributed by atoms with van der Waals surface area (Å²) in [6.07, 6.45) is 5.64. The number of hydrogen-bond acceptors (Lipinski definition) is 5. The molecular weight excluding hydrogens is 386 g/mol. The molecule has 1 amide bonds. The van der Waals surface area contributed by atoms with Gasteiger partial charge in [0.05, 0.1) is 27.3 Å². The molecule has 0 radical (unpaired) electrons. The fourth-order valence-corrected chi connectivity index (χ4v) is 3.66. The van der Waals surface area contributed by atoms with Gasteiger partial charge in [-0.1, -0.05) is 0 Å². The van der Waals surface area contributed by atoms with Crippen LogP contribution in [0, 0.1) is 0 Å². The number of rotatable bonds is 5. The summed E-state index contributed by atoms with van der Waals surface area (Å²) >= 11 is 3.61. The number of nitrogens with zero attached hydrogens (tertiary/aromatic N) is 2. The lowest BCUT2D eigenvalue weighted by Crippen LogP contribution is -2.43. The minimum Gasteiger partial charge on any atom is -0.369 e. The quantitative estimate of drug-likeness (QED) is 0.704. The van der Waals surface area contributed by atoms with Crippen LogP contribution in [0.2, 0.25) is 0 Å². The van der Waals surface area contributed by atoms with Gasteiger partial charge in [0.25, 0.3) is 0 Å². The number of fused-ring (bicyclic) bond motifs is 1. The second kappa shape index (κ2) is 7.72. The van der Waals surface area contributed by atoms with Gasteiger partial charge < -0.3 is 25.7 Å². The monoisotopic (exact) mass is 409 g/mol. The van der Waals surface area contributed by atoms with E-state index in [9.17, 15) is 4.79 Å². The molecule has 2 aromatic heterocycles. The van der Waals surface area contributed by atoms with Crippen molar-refractivity contribution in [1.82, 2.24) is 9.97 Å². The van der Waals surface area contributed by atoms with Crippen molar-refractivity contribution in [3.8, 4) is 0 Å². The van der Waals surface area contributed by atoms with E-state index < -0.39 is 0 Å². The molecular formula is C17H24BrN5O2. The second-order valence-electron chi connectivity index (χ2n) is 6.64. The van der Waals surface area contributed by atoms with E-state index in [2.05, 4.69) is 36.1 Å². The minimum atomic E-state index is -0.184. The summed E-state index contributed by atoms with van der Waals surface area (Å²) in [5.74, 6) is -0.184. The van der Waals surface area contributed by atoms with Gasteiger partial charge in [0.2, 0.25) is 5.91 Å².